The second-order valence-corrected chi connectivity index (χ2v) is 10.4. The second-order valence-electron chi connectivity index (χ2n) is 10.4. The summed E-state index contributed by atoms with van der Waals surface area (Å²) in [6.45, 7) is 6.38. The normalized spacial score (nSPS) is 39.8. The molecule has 0 bridgehead atoms. The van der Waals surface area contributed by atoms with Crippen molar-refractivity contribution >= 4 is 17.8 Å². The highest BCUT2D eigenvalue weighted by Crippen LogP contribution is 2.66. The summed E-state index contributed by atoms with van der Waals surface area (Å²) in [6.07, 6.45) is 15.0. The molecule has 5 nitrogen and oxygen atoms in total. The Morgan fingerprint density at radius 3 is 2.73 bits per heavy atom. The Morgan fingerprint density at radius 2 is 1.97 bits per heavy atom. The molecule has 2 fully saturated rings. The predicted molar refractivity (Wildman–Crippen MR) is 115 cm³/mol. The lowest BCUT2D eigenvalue weighted by atomic mass is 9.47. The lowest BCUT2D eigenvalue weighted by Gasteiger charge is -2.57. The molecule has 1 aromatic rings. The number of fused-ring (bicyclic) bond motifs is 5. The van der Waals surface area contributed by atoms with Crippen molar-refractivity contribution in [1.29, 1.82) is 0 Å². The Balaban J connectivity index is 1.42. The first kappa shape index (κ1) is 19.8. The number of ether oxygens (including phenoxy) is 1. The van der Waals surface area contributed by atoms with Crippen molar-refractivity contribution in [3.8, 4) is 0 Å². The number of hydrogen-bond acceptors (Lipinski definition) is 4. The summed E-state index contributed by atoms with van der Waals surface area (Å²) in [6, 6.07) is 0. The van der Waals surface area contributed by atoms with Crippen molar-refractivity contribution in [2.75, 3.05) is 0 Å². The molecule has 0 aromatic carbocycles. The third kappa shape index (κ3) is 2.77. The topological polar surface area (TPSA) is 72.1 Å². The second kappa shape index (κ2) is 6.93. The van der Waals surface area contributed by atoms with Crippen molar-refractivity contribution in [1.82, 2.24) is 10.2 Å². The van der Waals surface area contributed by atoms with Crippen molar-refractivity contribution in [2.45, 2.75) is 71.8 Å². The first-order valence-corrected chi connectivity index (χ1v) is 11.4. The first-order valence-electron chi connectivity index (χ1n) is 11.4. The number of aromatic nitrogens is 2. The van der Waals surface area contributed by atoms with Gasteiger partial charge in [0.1, 0.15) is 6.10 Å². The molecule has 1 N–H and O–H groups in total. The summed E-state index contributed by atoms with van der Waals surface area (Å²) >= 11 is 0. The fourth-order valence-electron chi connectivity index (χ4n) is 7.52. The molecule has 0 aliphatic heterocycles. The molecule has 0 unspecified atom stereocenters. The van der Waals surface area contributed by atoms with E-state index in [1.165, 1.54) is 24.5 Å². The molecule has 160 valence electrons. The fourth-order valence-corrected chi connectivity index (χ4v) is 7.52. The quantitative estimate of drug-likeness (QED) is 0.428. The van der Waals surface area contributed by atoms with Crippen LogP contribution in [-0.2, 0) is 9.53 Å². The van der Waals surface area contributed by atoms with E-state index in [-0.39, 0.29) is 22.9 Å². The van der Waals surface area contributed by atoms with E-state index in [1.54, 1.807) is 6.20 Å². The van der Waals surface area contributed by atoms with Crippen LogP contribution in [0.15, 0.2) is 23.9 Å². The molecule has 2 saturated carbocycles. The largest absolute Gasteiger partial charge is 0.462 e. The van der Waals surface area contributed by atoms with Gasteiger partial charge in [0.25, 0.3) is 0 Å². The van der Waals surface area contributed by atoms with E-state index in [0.29, 0.717) is 23.3 Å². The lowest BCUT2D eigenvalue weighted by Crippen LogP contribution is -2.50. The van der Waals surface area contributed by atoms with Crippen LogP contribution >= 0.6 is 0 Å². The van der Waals surface area contributed by atoms with Gasteiger partial charge in [-0.1, -0.05) is 31.6 Å². The molecule has 0 spiro atoms. The van der Waals surface area contributed by atoms with Crippen LogP contribution in [-0.4, -0.2) is 28.6 Å². The third-order valence-corrected chi connectivity index (χ3v) is 9.04. The van der Waals surface area contributed by atoms with Gasteiger partial charge in [0, 0.05) is 13.3 Å². The van der Waals surface area contributed by atoms with E-state index in [0.717, 1.165) is 50.5 Å². The highest BCUT2D eigenvalue weighted by molar-refractivity contribution is 5.85. The number of esters is 1. The zero-order chi connectivity index (χ0) is 21.1. The lowest BCUT2D eigenvalue weighted by molar-refractivity contribution is -0.148. The average molecular weight is 409 g/mol. The molecule has 0 amide bonds. The molecule has 5 heteroatoms. The number of rotatable bonds is 3. The molecule has 0 radical (unpaired) electrons. The van der Waals surface area contributed by atoms with Gasteiger partial charge in [-0.15, -0.1) is 0 Å². The van der Waals surface area contributed by atoms with Gasteiger partial charge in [-0.05, 0) is 72.7 Å². The van der Waals surface area contributed by atoms with Crippen molar-refractivity contribution in [3.05, 3.63) is 35.2 Å². The van der Waals surface area contributed by atoms with Gasteiger partial charge >= 0.3 is 5.97 Å². The van der Waals surface area contributed by atoms with Gasteiger partial charge in [0.2, 0.25) is 0 Å². The monoisotopic (exact) mass is 408 g/mol. The van der Waals surface area contributed by atoms with Gasteiger partial charge in [-0.2, -0.15) is 5.10 Å². The van der Waals surface area contributed by atoms with E-state index < -0.39 is 0 Å². The standard InChI is InChI=1S/C25H32N2O3/c1-15(29)30-18-8-10-24(2)17(12-18)4-5-19-20-6-7-22(23-16(14-28)13-26-27-23)25(20,3)11-9-21(19)24/h4,7,13-14,18-21H,5-6,8-12H2,1-3H3,(H,26,27)/t18-,19-,20-,21-,24-,25-/m0/s1. The summed E-state index contributed by atoms with van der Waals surface area (Å²) in [5.41, 5.74) is 4.74. The van der Waals surface area contributed by atoms with Crippen LogP contribution in [0.3, 0.4) is 0 Å². The molecule has 4 aliphatic carbocycles. The van der Waals surface area contributed by atoms with Gasteiger partial charge in [0.15, 0.2) is 6.29 Å². The average Bonchev–Trinajstić information content (AvgIpc) is 3.30. The maximum atomic E-state index is 11.5. The fraction of sp³-hybridized carbons (Fsp3) is 0.640. The molecule has 1 heterocycles. The zero-order valence-corrected chi connectivity index (χ0v) is 18.2. The highest BCUT2D eigenvalue weighted by atomic mass is 16.5. The van der Waals surface area contributed by atoms with Gasteiger partial charge in [-0.25, -0.2) is 0 Å². The number of nitrogens with one attached hydrogen (secondary N) is 1. The van der Waals surface area contributed by atoms with E-state index >= 15 is 0 Å². The van der Waals surface area contributed by atoms with E-state index in [2.05, 4.69) is 36.2 Å². The van der Waals surface area contributed by atoms with Crippen molar-refractivity contribution < 1.29 is 14.3 Å². The molecular formula is C25H32N2O3. The Hall–Kier alpha value is -2.17. The SMILES string of the molecule is CC(=O)O[C@H]1CC[C@@]2(C)C(=CC[C@@H]3[C@@H]2CC[C@]2(C)C(c4[nH]ncc4C=O)=CC[C@@H]32)C1. The van der Waals surface area contributed by atoms with Crippen LogP contribution in [0, 0.1) is 28.6 Å². The number of aldehydes is 1. The van der Waals surface area contributed by atoms with E-state index in [9.17, 15) is 9.59 Å². The van der Waals surface area contributed by atoms with Gasteiger partial charge in [0.05, 0.1) is 17.5 Å². The van der Waals surface area contributed by atoms with E-state index in [4.69, 9.17) is 4.74 Å². The summed E-state index contributed by atoms with van der Waals surface area (Å²) in [7, 11) is 0. The first-order chi connectivity index (χ1) is 14.4. The predicted octanol–water partition coefficient (Wildman–Crippen LogP) is 5.11. The molecule has 5 rings (SSSR count). The number of nitrogens with zero attached hydrogens (tertiary/aromatic N) is 1. The Morgan fingerprint density at radius 1 is 1.17 bits per heavy atom. The van der Waals surface area contributed by atoms with Crippen LogP contribution in [0.1, 0.15) is 81.8 Å². The summed E-state index contributed by atoms with van der Waals surface area (Å²) in [5.74, 6) is 1.80. The van der Waals surface area contributed by atoms with Crippen molar-refractivity contribution in [3.63, 3.8) is 0 Å². The highest BCUT2D eigenvalue weighted by Gasteiger charge is 2.57. The third-order valence-electron chi connectivity index (χ3n) is 9.04. The molecule has 30 heavy (non-hydrogen) atoms. The Labute approximate surface area is 178 Å². The van der Waals surface area contributed by atoms with Crippen LogP contribution in [0.2, 0.25) is 0 Å². The minimum Gasteiger partial charge on any atom is -0.462 e. The minimum atomic E-state index is -0.163. The summed E-state index contributed by atoms with van der Waals surface area (Å²) < 4.78 is 5.56. The molecular weight excluding hydrogens is 376 g/mol. The van der Waals surface area contributed by atoms with Crippen LogP contribution in [0.5, 0.6) is 0 Å². The molecule has 0 saturated heterocycles. The smallest absolute Gasteiger partial charge is 0.302 e. The number of aromatic amines is 1. The summed E-state index contributed by atoms with van der Waals surface area (Å²) in [5, 5.41) is 7.24. The van der Waals surface area contributed by atoms with Crippen molar-refractivity contribution in [2.24, 2.45) is 28.6 Å². The van der Waals surface area contributed by atoms with Crippen LogP contribution in [0.4, 0.5) is 0 Å². The molecule has 4 aliphatic rings. The molecule has 6 atom stereocenters. The molecule has 1 aromatic heterocycles. The number of H-pyrrole nitrogens is 1. The van der Waals surface area contributed by atoms with E-state index in [1.807, 2.05) is 0 Å². The number of allylic oxidation sites excluding steroid dienone is 3. The maximum absolute atomic E-state index is 11.5. The Bertz CT molecular complexity index is 944. The number of hydrogen-bond donors (Lipinski definition) is 1. The zero-order valence-electron chi connectivity index (χ0n) is 18.2. The van der Waals surface area contributed by atoms with Gasteiger partial charge in [-0.3, -0.25) is 14.7 Å². The maximum Gasteiger partial charge on any atom is 0.302 e. The minimum absolute atomic E-state index is 0.0501. The van der Waals surface area contributed by atoms with Crippen LogP contribution < -0.4 is 0 Å². The van der Waals surface area contributed by atoms with Crippen LogP contribution in [0.25, 0.3) is 5.57 Å². The Kier molecular flexibility index (Phi) is 4.57. The summed E-state index contributed by atoms with van der Waals surface area (Å²) in [4.78, 5) is 22.9. The van der Waals surface area contributed by atoms with Gasteiger partial charge < -0.3 is 4.74 Å². The number of carbonyl (C=O) groups is 2. The number of carbonyl (C=O) groups excluding carboxylic acids is 2.